The Labute approximate surface area is 177 Å². The van der Waals surface area contributed by atoms with Gasteiger partial charge in [-0.05, 0) is 44.4 Å². The van der Waals surface area contributed by atoms with Crippen LogP contribution in [0.25, 0.3) is 0 Å². The van der Waals surface area contributed by atoms with Crippen LogP contribution in [0.15, 0.2) is 0 Å². The quantitative estimate of drug-likeness (QED) is 0.142. The fraction of sp³-hybridized carbons (Fsp3) is 0.750. The molecule has 1 atom stereocenters. The Morgan fingerprint density at radius 3 is 2.07 bits per heavy atom. The lowest BCUT2D eigenvalue weighted by atomic mass is 9.83. The second-order valence-corrected chi connectivity index (χ2v) is 8.25. The van der Waals surface area contributed by atoms with Crippen molar-refractivity contribution in [2.45, 2.75) is 65.0 Å². The molecule has 1 aliphatic carbocycles. The van der Waals surface area contributed by atoms with Crippen molar-refractivity contribution in [1.29, 1.82) is 0 Å². The summed E-state index contributed by atoms with van der Waals surface area (Å²) in [7, 11) is 0. The Balaban J connectivity index is 2.22. The molecule has 0 spiro atoms. The van der Waals surface area contributed by atoms with E-state index in [1.807, 2.05) is 0 Å². The van der Waals surface area contributed by atoms with Gasteiger partial charge in [0, 0.05) is 12.5 Å². The number of hydrogen-bond acceptors (Lipinski definition) is 8. The van der Waals surface area contributed by atoms with E-state index in [1.54, 1.807) is 20.8 Å². The second-order valence-electron chi connectivity index (χ2n) is 8.25. The maximum Gasteiger partial charge on any atom is 0.239 e. The van der Waals surface area contributed by atoms with Gasteiger partial charge in [-0.25, -0.2) is 5.43 Å². The fourth-order valence-electron chi connectivity index (χ4n) is 3.53. The molecule has 0 saturated heterocycles. The van der Waals surface area contributed by atoms with Gasteiger partial charge >= 0.3 is 0 Å². The lowest BCUT2D eigenvalue weighted by Gasteiger charge is -2.28. The summed E-state index contributed by atoms with van der Waals surface area (Å²) in [6, 6.07) is -0.590. The summed E-state index contributed by atoms with van der Waals surface area (Å²) in [4.78, 5) is 58.8. The summed E-state index contributed by atoms with van der Waals surface area (Å²) in [5.74, 6) is 3.65. The molecular formula is C20H35N5O5. The largest absolute Gasteiger partial charge is 0.352 e. The highest BCUT2D eigenvalue weighted by atomic mass is 16.2. The fourth-order valence-corrected chi connectivity index (χ4v) is 3.53. The van der Waals surface area contributed by atoms with Gasteiger partial charge < -0.3 is 20.7 Å². The lowest BCUT2D eigenvalue weighted by Crippen LogP contribution is -2.51. The van der Waals surface area contributed by atoms with E-state index in [1.165, 1.54) is 0 Å². The van der Waals surface area contributed by atoms with Crippen molar-refractivity contribution in [3.8, 4) is 0 Å². The number of hydrazine groups is 1. The summed E-state index contributed by atoms with van der Waals surface area (Å²) < 4.78 is 0. The number of nitrogens with one attached hydrogen (secondary N) is 4. The van der Waals surface area contributed by atoms with E-state index < -0.39 is 30.1 Å². The molecule has 2 amide bonds. The third kappa shape index (κ3) is 9.55. The third-order valence-corrected chi connectivity index (χ3v) is 5.22. The van der Waals surface area contributed by atoms with E-state index in [2.05, 4.69) is 21.4 Å². The Hall–Kier alpha value is -2.17. The first-order chi connectivity index (χ1) is 14.1. The molecule has 0 heterocycles. The predicted molar refractivity (Wildman–Crippen MR) is 111 cm³/mol. The van der Waals surface area contributed by atoms with E-state index in [0.29, 0.717) is 12.3 Å². The van der Waals surface area contributed by atoms with Crippen molar-refractivity contribution in [3.63, 3.8) is 0 Å². The van der Waals surface area contributed by atoms with Gasteiger partial charge in [0.15, 0.2) is 0 Å². The molecule has 0 aliphatic heterocycles. The summed E-state index contributed by atoms with van der Waals surface area (Å²) in [5, 5.41) is 7.95. The normalized spacial score (nSPS) is 19.8. The standard InChI is InChI=1S/C20H35N5O5/c1-12(2)19(25-21)20(30)23-10-17(28)16(27)9-22-11-18(29)24-15-6-4-14(5-7-15)8-13(3)26/h12,14-15,19,22,25H,4-11,21H2,1-3H3,(H,23,30)(H,24,29)/t14?,15?,19-/m0/s1. The first-order valence-electron chi connectivity index (χ1n) is 10.4. The number of amides is 2. The van der Waals surface area contributed by atoms with Crippen molar-refractivity contribution >= 4 is 29.2 Å². The van der Waals surface area contributed by atoms with Gasteiger partial charge in [0.25, 0.3) is 0 Å². The van der Waals surface area contributed by atoms with Crippen LogP contribution in [0.2, 0.25) is 0 Å². The second kappa shape index (κ2) is 13.2. The molecule has 1 rings (SSSR count). The molecule has 10 nitrogen and oxygen atoms in total. The zero-order valence-electron chi connectivity index (χ0n) is 18.1. The number of ketones is 3. The highest BCUT2D eigenvalue weighted by Gasteiger charge is 2.24. The van der Waals surface area contributed by atoms with Crippen LogP contribution in [0.4, 0.5) is 0 Å². The van der Waals surface area contributed by atoms with Gasteiger partial charge in [0.05, 0.1) is 19.6 Å². The zero-order chi connectivity index (χ0) is 22.7. The zero-order valence-corrected chi connectivity index (χ0v) is 18.1. The summed E-state index contributed by atoms with van der Waals surface area (Å²) in [5.41, 5.74) is 2.36. The molecule has 1 saturated carbocycles. The van der Waals surface area contributed by atoms with Gasteiger partial charge in [-0.1, -0.05) is 13.8 Å². The number of hydrogen-bond donors (Lipinski definition) is 5. The topological polar surface area (TPSA) is 159 Å². The van der Waals surface area contributed by atoms with E-state index >= 15 is 0 Å². The van der Waals surface area contributed by atoms with Crippen LogP contribution < -0.4 is 27.2 Å². The molecule has 0 aromatic rings. The minimum atomic E-state index is -0.750. The smallest absolute Gasteiger partial charge is 0.239 e. The molecule has 0 radical (unpaired) electrons. The highest BCUT2D eigenvalue weighted by molar-refractivity contribution is 6.39. The maximum absolute atomic E-state index is 12.0. The van der Waals surface area contributed by atoms with Gasteiger partial charge in [-0.3, -0.25) is 25.0 Å². The highest BCUT2D eigenvalue weighted by Crippen LogP contribution is 2.26. The lowest BCUT2D eigenvalue weighted by molar-refractivity contribution is -0.136. The van der Waals surface area contributed by atoms with Crippen LogP contribution in [0.5, 0.6) is 0 Å². The first kappa shape index (κ1) is 25.9. The minimum absolute atomic E-state index is 0.0695. The molecule has 0 aromatic carbocycles. The first-order valence-corrected chi connectivity index (χ1v) is 10.4. The van der Waals surface area contributed by atoms with Crippen LogP contribution >= 0.6 is 0 Å². The molecule has 1 fully saturated rings. The van der Waals surface area contributed by atoms with Gasteiger partial charge in [-0.2, -0.15) is 0 Å². The molecule has 1 aliphatic rings. The van der Waals surface area contributed by atoms with Crippen LogP contribution in [0.1, 0.15) is 52.9 Å². The minimum Gasteiger partial charge on any atom is -0.352 e. The van der Waals surface area contributed by atoms with Crippen molar-refractivity contribution in [1.82, 2.24) is 21.4 Å². The molecule has 0 aromatic heterocycles. The summed E-state index contributed by atoms with van der Waals surface area (Å²) in [6.07, 6.45) is 4.08. The Morgan fingerprint density at radius 1 is 0.933 bits per heavy atom. The van der Waals surface area contributed by atoms with Gasteiger partial charge in [0.1, 0.15) is 11.8 Å². The monoisotopic (exact) mass is 425 g/mol. The molecule has 10 heteroatoms. The predicted octanol–water partition coefficient (Wildman–Crippen LogP) is -1.03. The molecular weight excluding hydrogens is 390 g/mol. The third-order valence-electron chi connectivity index (χ3n) is 5.22. The Bertz CT molecular complexity index is 629. The van der Waals surface area contributed by atoms with Gasteiger partial charge in [-0.15, -0.1) is 0 Å². The van der Waals surface area contributed by atoms with E-state index in [0.717, 1.165) is 25.7 Å². The SMILES string of the molecule is CC(=O)CC1CCC(NC(=O)CNCC(=O)C(=O)CNC(=O)[C@@H](NN)C(C)C)CC1. The number of rotatable bonds is 13. The molecule has 30 heavy (non-hydrogen) atoms. The molecule has 0 unspecified atom stereocenters. The number of Topliss-reactive ketones (excluding diaryl/α,β-unsaturated/α-hetero) is 3. The van der Waals surface area contributed by atoms with Crippen LogP contribution in [-0.4, -0.2) is 60.9 Å². The van der Waals surface area contributed by atoms with Crippen molar-refractivity contribution < 1.29 is 24.0 Å². The Kier molecular flexibility index (Phi) is 11.4. The van der Waals surface area contributed by atoms with Crippen molar-refractivity contribution in [3.05, 3.63) is 0 Å². The van der Waals surface area contributed by atoms with Crippen LogP contribution in [-0.2, 0) is 24.0 Å². The molecule has 0 bridgehead atoms. The van der Waals surface area contributed by atoms with Gasteiger partial charge in [0.2, 0.25) is 23.4 Å². The van der Waals surface area contributed by atoms with Crippen LogP contribution in [0, 0.1) is 11.8 Å². The van der Waals surface area contributed by atoms with E-state index in [-0.39, 0.29) is 36.7 Å². The number of carbonyl (C=O) groups excluding carboxylic acids is 5. The summed E-state index contributed by atoms with van der Waals surface area (Å²) in [6.45, 7) is 4.41. The molecule has 6 N–H and O–H groups in total. The van der Waals surface area contributed by atoms with Crippen molar-refractivity contribution in [2.75, 3.05) is 19.6 Å². The maximum atomic E-state index is 12.0. The number of nitrogens with two attached hydrogens (primary N) is 1. The van der Waals surface area contributed by atoms with E-state index in [9.17, 15) is 24.0 Å². The molecule has 170 valence electrons. The Morgan fingerprint density at radius 2 is 1.53 bits per heavy atom. The average Bonchev–Trinajstić information content (AvgIpc) is 2.67. The van der Waals surface area contributed by atoms with Crippen LogP contribution in [0.3, 0.4) is 0 Å². The van der Waals surface area contributed by atoms with E-state index in [4.69, 9.17) is 5.84 Å². The van der Waals surface area contributed by atoms with Crippen molar-refractivity contribution in [2.24, 2.45) is 17.7 Å². The average molecular weight is 426 g/mol. The number of carbonyl (C=O) groups is 5. The summed E-state index contributed by atoms with van der Waals surface area (Å²) >= 11 is 0.